The Kier molecular flexibility index (Phi) is 2.28. The molecule has 0 saturated carbocycles. The minimum atomic E-state index is 0.505. The van der Waals surface area contributed by atoms with Crippen LogP contribution in [0.3, 0.4) is 0 Å². The molecule has 0 aliphatic rings. The van der Waals surface area contributed by atoms with Gasteiger partial charge in [0.25, 0.3) is 0 Å². The maximum atomic E-state index is 3.75. The molecular formula is C9H12S. The second-order valence-corrected chi connectivity index (χ2v) is 3.63. The Morgan fingerprint density at radius 2 is 2.40 bits per heavy atom. The van der Waals surface area contributed by atoms with Crippen LogP contribution in [-0.2, 0) is 0 Å². The summed E-state index contributed by atoms with van der Waals surface area (Å²) in [6.07, 6.45) is 1.97. The van der Waals surface area contributed by atoms with Crippen molar-refractivity contribution in [3.8, 4) is 0 Å². The third-order valence-corrected chi connectivity index (χ3v) is 2.51. The Morgan fingerprint density at radius 1 is 1.70 bits per heavy atom. The van der Waals surface area contributed by atoms with Crippen LogP contribution >= 0.6 is 11.3 Å². The lowest BCUT2D eigenvalue weighted by atomic mass is 10.1. The molecular weight excluding hydrogens is 140 g/mol. The Hall–Kier alpha value is -0.560. The number of aryl methyl sites for hydroxylation is 1. The van der Waals surface area contributed by atoms with Gasteiger partial charge in [-0.3, -0.25) is 0 Å². The van der Waals surface area contributed by atoms with E-state index >= 15 is 0 Å². The topological polar surface area (TPSA) is 0 Å². The molecule has 0 aromatic carbocycles. The minimum Gasteiger partial charge on any atom is -0.149 e. The molecule has 0 spiro atoms. The van der Waals surface area contributed by atoms with E-state index in [1.165, 1.54) is 10.4 Å². The lowest BCUT2D eigenvalue weighted by Crippen LogP contribution is -1.82. The summed E-state index contributed by atoms with van der Waals surface area (Å²) >= 11 is 1.80. The van der Waals surface area contributed by atoms with Crippen LogP contribution in [0.25, 0.3) is 0 Å². The fourth-order valence-corrected chi connectivity index (χ4v) is 1.65. The molecule has 1 heteroatoms. The molecule has 0 bridgehead atoms. The van der Waals surface area contributed by atoms with Gasteiger partial charge < -0.3 is 0 Å². The predicted octanol–water partition coefficient (Wildman–Crippen LogP) is 3.35. The first-order chi connectivity index (χ1) is 4.74. The molecule has 1 aromatic heterocycles. The van der Waals surface area contributed by atoms with Crippen LogP contribution in [0.15, 0.2) is 24.1 Å². The molecule has 0 aliphatic heterocycles. The van der Waals surface area contributed by atoms with Crippen molar-refractivity contribution < 1.29 is 0 Å². The number of hydrogen-bond acceptors (Lipinski definition) is 1. The maximum Gasteiger partial charge on any atom is 0.00172 e. The summed E-state index contributed by atoms with van der Waals surface area (Å²) in [6, 6.07) is 2.22. The van der Waals surface area contributed by atoms with E-state index in [1.807, 2.05) is 6.08 Å². The highest BCUT2D eigenvalue weighted by molar-refractivity contribution is 7.10. The molecule has 1 rings (SSSR count). The lowest BCUT2D eigenvalue weighted by Gasteiger charge is -1.99. The largest absolute Gasteiger partial charge is 0.149 e. The van der Waals surface area contributed by atoms with Crippen molar-refractivity contribution >= 4 is 11.3 Å². The molecule has 1 aromatic rings. The lowest BCUT2D eigenvalue weighted by molar-refractivity contribution is 0.978. The average Bonchev–Trinajstić information content (AvgIpc) is 2.34. The van der Waals surface area contributed by atoms with Gasteiger partial charge in [-0.2, -0.15) is 0 Å². The predicted molar refractivity (Wildman–Crippen MR) is 47.7 cm³/mol. The molecule has 54 valence electrons. The van der Waals surface area contributed by atoms with E-state index in [9.17, 15) is 0 Å². The standard InChI is InChI=1S/C9H12S/c1-4-7(2)9-5-8(3)10-6-9/h4-7H,1H2,2-3H3. The summed E-state index contributed by atoms with van der Waals surface area (Å²) in [7, 11) is 0. The highest BCUT2D eigenvalue weighted by Gasteiger charge is 2.00. The molecule has 0 aliphatic carbocycles. The molecule has 0 amide bonds. The van der Waals surface area contributed by atoms with Crippen LogP contribution < -0.4 is 0 Å². The second-order valence-electron chi connectivity index (χ2n) is 2.52. The zero-order valence-electron chi connectivity index (χ0n) is 6.42. The van der Waals surface area contributed by atoms with Gasteiger partial charge in [0.05, 0.1) is 0 Å². The van der Waals surface area contributed by atoms with Gasteiger partial charge in [-0.15, -0.1) is 17.9 Å². The van der Waals surface area contributed by atoms with E-state index in [-0.39, 0.29) is 0 Å². The molecule has 0 N–H and O–H groups in total. The van der Waals surface area contributed by atoms with E-state index < -0.39 is 0 Å². The summed E-state index contributed by atoms with van der Waals surface area (Å²) in [5.74, 6) is 0.505. The smallest absolute Gasteiger partial charge is 0.00172 e. The highest BCUT2D eigenvalue weighted by Crippen LogP contribution is 2.21. The van der Waals surface area contributed by atoms with Crippen molar-refractivity contribution in [1.29, 1.82) is 0 Å². The van der Waals surface area contributed by atoms with Crippen LogP contribution in [-0.4, -0.2) is 0 Å². The van der Waals surface area contributed by atoms with E-state index in [0.717, 1.165) is 0 Å². The Bertz CT molecular complexity index is 222. The van der Waals surface area contributed by atoms with E-state index in [4.69, 9.17) is 0 Å². The van der Waals surface area contributed by atoms with E-state index in [2.05, 4.69) is 31.9 Å². The Balaban J connectivity index is 2.84. The van der Waals surface area contributed by atoms with E-state index in [0.29, 0.717) is 5.92 Å². The van der Waals surface area contributed by atoms with Gasteiger partial charge in [0.2, 0.25) is 0 Å². The van der Waals surface area contributed by atoms with Gasteiger partial charge in [-0.1, -0.05) is 13.0 Å². The van der Waals surface area contributed by atoms with Crippen LogP contribution in [0, 0.1) is 6.92 Å². The van der Waals surface area contributed by atoms with Gasteiger partial charge in [-0.05, 0) is 29.9 Å². The normalized spacial score (nSPS) is 13.0. The molecule has 0 nitrogen and oxygen atoms in total. The molecule has 0 radical (unpaired) electrons. The summed E-state index contributed by atoms with van der Waals surface area (Å²) in [6.45, 7) is 8.04. The number of thiophene rings is 1. The third kappa shape index (κ3) is 1.48. The fraction of sp³-hybridized carbons (Fsp3) is 0.333. The van der Waals surface area contributed by atoms with Crippen LogP contribution in [0.2, 0.25) is 0 Å². The van der Waals surface area contributed by atoms with Gasteiger partial charge in [-0.25, -0.2) is 0 Å². The van der Waals surface area contributed by atoms with Crippen molar-refractivity contribution in [3.05, 3.63) is 34.5 Å². The van der Waals surface area contributed by atoms with Crippen molar-refractivity contribution in [1.82, 2.24) is 0 Å². The van der Waals surface area contributed by atoms with Crippen LogP contribution in [0.1, 0.15) is 23.3 Å². The molecule has 0 fully saturated rings. The first-order valence-electron chi connectivity index (χ1n) is 3.41. The maximum absolute atomic E-state index is 3.75. The summed E-state index contributed by atoms with van der Waals surface area (Å²) < 4.78 is 0. The monoisotopic (exact) mass is 152 g/mol. The fourth-order valence-electron chi connectivity index (χ4n) is 0.839. The van der Waals surface area contributed by atoms with Gasteiger partial charge in [0, 0.05) is 4.88 Å². The van der Waals surface area contributed by atoms with E-state index in [1.54, 1.807) is 11.3 Å². The molecule has 0 saturated heterocycles. The SMILES string of the molecule is C=CC(C)c1csc(C)c1. The van der Waals surface area contributed by atoms with Crippen molar-refractivity contribution in [3.63, 3.8) is 0 Å². The first kappa shape index (κ1) is 7.55. The number of hydrogen-bond donors (Lipinski definition) is 0. The summed E-state index contributed by atoms with van der Waals surface area (Å²) in [5.41, 5.74) is 1.39. The van der Waals surface area contributed by atoms with Gasteiger partial charge in [0.1, 0.15) is 0 Å². The molecule has 1 unspecified atom stereocenters. The van der Waals surface area contributed by atoms with Crippen molar-refractivity contribution in [2.45, 2.75) is 19.8 Å². The first-order valence-corrected chi connectivity index (χ1v) is 4.29. The quantitative estimate of drug-likeness (QED) is 0.570. The van der Waals surface area contributed by atoms with Crippen molar-refractivity contribution in [2.24, 2.45) is 0 Å². The van der Waals surface area contributed by atoms with Crippen LogP contribution in [0.4, 0.5) is 0 Å². The molecule has 10 heavy (non-hydrogen) atoms. The Labute approximate surface area is 66.2 Å². The average molecular weight is 152 g/mol. The summed E-state index contributed by atoms with van der Waals surface area (Å²) in [4.78, 5) is 1.38. The van der Waals surface area contributed by atoms with Gasteiger partial charge in [0.15, 0.2) is 0 Å². The third-order valence-electron chi connectivity index (χ3n) is 1.63. The van der Waals surface area contributed by atoms with Crippen molar-refractivity contribution in [2.75, 3.05) is 0 Å². The number of rotatable bonds is 2. The van der Waals surface area contributed by atoms with Gasteiger partial charge >= 0.3 is 0 Å². The second kappa shape index (κ2) is 3.02. The molecule has 1 atom stereocenters. The highest BCUT2D eigenvalue weighted by atomic mass is 32.1. The zero-order valence-corrected chi connectivity index (χ0v) is 7.24. The minimum absolute atomic E-state index is 0.505. The molecule has 1 heterocycles. The van der Waals surface area contributed by atoms with Crippen LogP contribution in [0.5, 0.6) is 0 Å². The Morgan fingerprint density at radius 3 is 2.80 bits per heavy atom. The number of allylic oxidation sites excluding steroid dienone is 1. The zero-order chi connectivity index (χ0) is 7.56. The summed E-state index contributed by atoms with van der Waals surface area (Å²) in [5, 5.41) is 2.20.